The molecule has 0 saturated heterocycles. The van der Waals surface area contributed by atoms with E-state index < -0.39 is 6.10 Å². The topological polar surface area (TPSA) is 55.8 Å². The van der Waals surface area contributed by atoms with Gasteiger partial charge in [0.1, 0.15) is 5.75 Å². The van der Waals surface area contributed by atoms with E-state index in [1.165, 1.54) is 6.42 Å². The number of hydrogen-bond donors (Lipinski definition) is 1. The molecule has 2 rings (SSSR count). The highest BCUT2D eigenvalue weighted by atomic mass is 16.6. The maximum atomic E-state index is 12.4. The van der Waals surface area contributed by atoms with E-state index in [2.05, 4.69) is 0 Å². The van der Waals surface area contributed by atoms with Crippen molar-refractivity contribution in [2.75, 3.05) is 6.61 Å². The van der Waals surface area contributed by atoms with Crippen LogP contribution in [0.4, 0.5) is 0 Å². The van der Waals surface area contributed by atoms with E-state index in [9.17, 15) is 9.90 Å². The molecule has 1 N–H and O–H groups in total. The molecule has 0 aliphatic heterocycles. The Labute approximate surface area is 138 Å². The zero-order valence-corrected chi connectivity index (χ0v) is 14.2. The van der Waals surface area contributed by atoms with Crippen molar-refractivity contribution in [2.45, 2.75) is 64.6 Å². The minimum atomic E-state index is -0.598. The lowest BCUT2D eigenvalue weighted by Crippen LogP contribution is -2.34. The molecular weight excluding hydrogens is 292 g/mol. The molecule has 1 fully saturated rings. The van der Waals surface area contributed by atoms with Crippen LogP contribution in [0.2, 0.25) is 0 Å². The molecule has 1 aliphatic rings. The Kier molecular flexibility index (Phi) is 6.90. The summed E-state index contributed by atoms with van der Waals surface area (Å²) in [6.45, 7) is 4.43. The van der Waals surface area contributed by atoms with Gasteiger partial charge in [0, 0.05) is 6.42 Å². The number of phenols is 1. The first-order valence-corrected chi connectivity index (χ1v) is 8.64. The third-order valence-electron chi connectivity index (χ3n) is 4.06. The molecule has 0 aromatic heterocycles. The summed E-state index contributed by atoms with van der Waals surface area (Å²) in [6, 6.07) is 6.97. The highest BCUT2D eigenvalue weighted by molar-refractivity contribution is 5.75. The van der Waals surface area contributed by atoms with Gasteiger partial charge in [0.05, 0.1) is 12.7 Å². The summed E-state index contributed by atoms with van der Waals surface area (Å²) in [5.41, 5.74) is 0.882. The van der Waals surface area contributed by atoms with Gasteiger partial charge in [-0.25, -0.2) is 4.79 Å². The van der Waals surface area contributed by atoms with Crippen LogP contribution in [-0.2, 0) is 20.7 Å². The second-order valence-electron chi connectivity index (χ2n) is 6.78. The van der Waals surface area contributed by atoms with E-state index in [0.717, 1.165) is 31.2 Å². The van der Waals surface area contributed by atoms with Crippen molar-refractivity contribution in [1.29, 1.82) is 0 Å². The molecule has 0 spiro atoms. The Bertz CT molecular complexity index is 492. The number of carbonyl (C=O) groups excluding carboxylic acids is 1. The molecule has 0 radical (unpaired) electrons. The molecule has 23 heavy (non-hydrogen) atoms. The Morgan fingerprint density at radius 1 is 1.26 bits per heavy atom. The lowest BCUT2D eigenvalue weighted by Gasteiger charge is -2.27. The summed E-state index contributed by atoms with van der Waals surface area (Å²) in [5.74, 6) is 0.206. The molecule has 1 aromatic rings. The Morgan fingerprint density at radius 3 is 2.65 bits per heavy atom. The van der Waals surface area contributed by atoms with Gasteiger partial charge in [-0.3, -0.25) is 0 Å². The van der Waals surface area contributed by atoms with Gasteiger partial charge in [-0.05, 0) is 36.5 Å². The van der Waals surface area contributed by atoms with Gasteiger partial charge < -0.3 is 14.6 Å². The largest absolute Gasteiger partial charge is 0.508 e. The first-order valence-electron chi connectivity index (χ1n) is 8.64. The fourth-order valence-electron chi connectivity index (χ4n) is 2.86. The molecule has 0 amide bonds. The highest BCUT2D eigenvalue weighted by Crippen LogP contribution is 2.23. The smallest absolute Gasteiger partial charge is 0.335 e. The van der Waals surface area contributed by atoms with Crippen LogP contribution in [0.5, 0.6) is 5.75 Å². The Balaban J connectivity index is 2.01. The SMILES string of the molecule is CC(C)COC(=O)C(Cc1cccc(O)c1)OC1CCCCC1. The zero-order chi connectivity index (χ0) is 16.7. The third-order valence-corrected chi connectivity index (χ3v) is 4.06. The van der Waals surface area contributed by atoms with Crippen LogP contribution in [-0.4, -0.2) is 29.9 Å². The highest BCUT2D eigenvalue weighted by Gasteiger charge is 2.26. The number of hydrogen-bond acceptors (Lipinski definition) is 4. The minimum Gasteiger partial charge on any atom is -0.508 e. The van der Waals surface area contributed by atoms with Gasteiger partial charge in [-0.15, -0.1) is 0 Å². The summed E-state index contributed by atoms with van der Waals surface area (Å²) in [7, 11) is 0. The number of esters is 1. The lowest BCUT2D eigenvalue weighted by molar-refractivity contribution is -0.163. The monoisotopic (exact) mass is 320 g/mol. The van der Waals surface area contributed by atoms with E-state index in [4.69, 9.17) is 9.47 Å². The average molecular weight is 320 g/mol. The zero-order valence-electron chi connectivity index (χ0n) is 14.2. The molecule has 128 valence electrons. The fraction of sp³-hybridized carbons (Fsp3) is 0.632. The van der Waals surface area contributed by atoms with Crippen molar-refractivity contribution in [3.63, 3.8) is 0 Å². The van der Waals surface area contributed by atoms with Crippen LogP contribution < -0.4 is 0 Å². The number of rotatable bonds is 7. The summed E-state index contributed by atoms with van der Waals surface area (Å²) >= 11 is 0. The van der Waals surface area contributed by atoms with Crippen LogP contribution in [0.3, 0.4) is 0 Å². The predicted molar refractivity (Wildman–Crippen MR) is 89.4 cm³/mol. The summed E-state index contributed by atoms with van der Waals surface area (Å²) in [5, 5.41) is 9.61. The molecule has 1 saturated carbocycles. The van der Waals surface area contributed by atoms with E-state index in [1.807, 2.05) is 19.9 Å². The standard InChI is InChI=1S/C19H28O4/c1-14(2)13-22-19(21)18(23-17-9-4-3-5-10-17)12-15-7-6-8-16(20)11-15/h6-8,11,14,17-18,20H,3-5,9-10,12-13H2,1-2H3. The van der Waals surface area contributed by atoms with Gasteiger partial charge >= 0.3 is 5.97 Å². The van der Waals surface area contributed by atoms with Crippen molar-refractivity contribution in [2.24, 2.45) is 5.92 Å². The molecule has 0 bridgehead atoms. The van der Waals surface area contributed by atoms with Crippen molar-refractivity contribution in [3.8, 4) is 5.75 Å². The maximum Gasteiger partial charge on any atom is 0.335 e. The average Bonchev–Trinajstić information content (AvgIpc) is 2.53. The van der Waals surface area contributed by atoms with Crippen molar-refractivity contribution >= 4 is 5.97 Å². The van der Waals surface area contributed by atoms with Crippen molar-refractivity contribution < 1.29 is 19.4 Å². The summed E-state index contributed by atoms with van der Waals surface area (Å²) < 4.78 is 11.5. The molecule has 1 unspecified atom stereocenters. The number of aromatic hydroxyl groups is 1. The van der Waals surface area contributed by atoms with E-state index in [1.54, 1.807) is 18.2 Å². The molecule has 1 atom stereocenters. The second-order valence-corrected chi connectivity index (χ2v) is 6.78. The fourth-order valence-corrected chi connectivity index (χ4v) is 2.86. The normalized spacial score (nSPS) is 17.2. The van der Waals surface area contributed by atoms with Crippen LogP contribution in [0.25, 0.3) is 0 Å². The predicted octanol–water partition coefficient (Wildman–Crippen LogP) is 3.85. The van der Waals surface area contributed by atoms with E-state index >= 15 is 0 Å². The van der Waals surface area contributed by atoms with Gasteiger partial charge in [-0.1, -0.05) is 45.2 Å². The minimum absolute atomic E-state index is 0.137. The Morgan fingerprint density at radius 2 is 2.00 bits per heavy atom. The molecule has 1 aliphatic carbocycles. The van der Waals surface area contributed by atoms with Gasteiger partial charge in [0.25, 0.3) is 0 Å². The van der Waals surface area contributed by atoms with Crippen LogP contribution >= 0.6 is 0 Å². The van der Waals surface area contributed by atoms with E-state index in [0.29, 0.717) is 18.9 Å². The summed E-state index contributed by atoms with van der Waals surface area (Å²) in [6.07, 6.45) is 5.55. The van der Waals surface area contributed by atoms with Crippen LogP contribution in [0.1, 0.15) is 51.5 Å². The lowest BCUT2D eigenvalue weighted by atomic mass is 9.97. The number of carbonyl (C=O) groups is 1. The second kappa shape index (κ2) is 8.92. The van der Waals surface area contributed by atoms with Gasteiger partial charge in [0.15, 0.2) is 6.10 Å². The molecule has 4 nitrogen and oxygen atoms in total. The van der Waals surface area contributed by atoms with Gasteiger partial charge in [0.2, 0.25) is 0 Å². The number of benzene rings is 1. The maximum absolute atomic E-state index is 12.4. The molecular formula is C19H28O4. The Hall–Kier alpha value is -1.55. The van der Waals surface area contributed by atoms with Crippen LogP contribution in [0.15, 0.2) is 24.3 Å². The van der Waals surface area contributed by atoms with Gasteiger partial charge in [-0.2, -0.15) is 0 Å². The van der Waals surface area contributed by atoms with Crippen LogP contribution in [0, 0.1) is 5.92 Å². The molecule has 4 heteroatoms. The molecule has 1 aromatic carbocycles. The van der Waals surface area contributed by atoms with E-state index in [-0.39, 0.29) is 17.8 Å². The first kappa shape index (κ1) is 17.8. The summed E-state index contributed by atoms with van der Waals surface area (Å²) in [4.78, 5) is 12.4. The number of ether oxygens (including phenoxy) is 2. The number of phenolic OH excluding ortho intramolecular Hbond substituents is 1. The van der Waals surface area contributed by atoms with Crippen molar-refractivity contribution in [1.82, 2.24) is 0 Å². The van der Waals surface area contributed by atoms with Crippen molar-refractivity contribution in [3.05, 3.63) is 29.8 Å². The third kappa shape index (κ3) is 6.22. The first-order chi connectivity index (χ1) is 11.0. The molecule has 0 heterocycles. The quantitative estimate of drug-likeness (QED) is 0.775.